The normalized spacial score (nSPS) is 14.8. The van der Waals surface area contributed by atoms with Gasteiger partial charge < -0.3 is 15.0 Å². The Morgan fingerprint density at radius 1 is 1.29 bits per heavy atom. The molecule has 17 heavy (non-hydrogen) atoms. The van der Waals surface area contributed by atoms with Crippen molar-refractivity contribution in [3.8, 4) is 5.75 Å². The molecule has 2 rings (SSSR count). The summed E-state index contributed by atoms with van der Waals surface area (Å²) in [6.45, 7) is 1.89. The average molecular weight is 234 g/mol. The molecule has 0 spiro atoms. The van der Waals surface area contributed by atoms with Crippen molar-refractivity contribution in [3.63, 3.8) is 0 Å². The Morgan fingerprint density at radius 2 is 1.94 bits per heavy atom. The number of benzene rings is 1. The maximum absolute atomic E-state index is 11.7. The summed E-state index contributed by atoms with van der Waals surface area (Å²) in [7, 11) is 1.87. The van der Waals surface area contributed by atoms with Crippen molar-refractivity contribution in [2.75, 3.05) is 32.1 Å². The predicted molar refractivity (Wildman–Crippen MR) is 67.3 cm³/mol. The molecule has 0 bridgehead atoms. The Morgan fingerprint density at radius 3 is 2.53 bits per heavy atom. The van der Waals surface area contributed by atoms with Gasteiger partial charge in [-0.25, -0.2) is 0 Å². The molecule has 1 fully saturated rings. The number of ether oxygens (including phenoxy) is 1. The van der Waals surface area contributed by atoms with E-state index in [1.165, 1.54) is 0 Å². The van der Waals surface area contributed by atoms with Crippen molar-refractivity contribution in [2.24, 2.45) is 0 Å². The van der Waals surface area contributed by atoms with Crippen LogP contribution in [0.4, 0.5) is 5.69 Å². The van der Waals surface area contributed by atoms with Crippen LogP contribution < -0.4 is 10.1 Å². The fourth-order valence-corrected chi connectivity index (χ4v) is 1.92. The van der Waals surface area contributed by atoms with Crippen LogP contribution in [-0.2, 0) is 4.79 Å². The van der Waals surface area contributed by atoms with Crippen molar-refractivity contribution in [2.45, 2.75) is 12.8 Å². The summed E-state index contributed by atoms with van der Waals surface area (Å²) >= 11 is 0. The molecule has 0 radical (unpaired) electrons. The van der Waals surface area contributed by atoms with Crippen LogP contribution in [0.25, 0.3) is 0 Å². The topological polar surface area (TPSA) is 41.6 Å². The summed E-state index contributed by atoms with van der Waals surface area (Å²) in [4.78, 5) is 13.6. The van der Waals surface area contributed by atoms with E-state index in [1.807, 2.05) is 36.2 Å². The van der Waals surface area contributed by atoms with Crippen LogP contribution in [0.3, 0.4) is 0 Å². The van der Waals surface area contributed by atoms with E-state index in [-0.39, 0.29) is 12.5 Å². The highest BCUT2D eigenvalue weighted by Crippen LogP contribution is 2.15. The average Bonchev–Trinajstić information content (AvgIpc) is 2.90. The molecule has 0 unspecified atom stereocenters. The van der Waals surface area contributed by atoms with Crippen molar-refractivity contribution >= 4 is 11.6 Å². The minimum atomic E-state index is 0.0835. The standard InChI is InChI=1S/C13H18N2O2/c1-14-11-4-6-12(7-5-11)17-10-13(16)15-8-2-3-9-15/h4-7,14H,2-3,8-10H2,1H3. The second kappa shape index (κ2) is 5.57. The molecule has 4 nitrogen and oxygen atoms in total. The van der Waals surface area contributed by atoms with Crippen LogP contribution in [0.1, 0.15) is 12.8 Å². The lowest BCUT2D eigenvalue weighted by Gasteiger charge is -2.15. The van der Waals surface area contributed by atoms with Gasteiger partial charge in [-0.2, -0.15) is 0 Å². The first-order valence-electron chi connectivity index (χ1n) is 5.98. The highest BCUT2D eigenvalue weighted by molar-refractivity contribution is 5.78. The van der Waals surface area contributed by atoms with Crippen LogP contribution in [0, 0.1) is 0 Å². The Labute approximate surface area is 102 Å². The van der Waals surface area contributed by atoms with Gasteiger partial charge in [0.1, 0.15) is 5.75 Å². The lowest BCUT2D eigenvalue weighted by Crippen LogP contribution is -2.32. The van der Waals surface area contributed by atoms with E-state index < -0.39 is 0 Å². The third-order valence-corrected chi connectivity index (χ3v) is 2.96. The number of nitrogens with one attached hydrogen (secondary N) is 1. The maximum Gasteiger partial charge on any atom is 0.260 e. The number of anilines is 1. The van der Waals surface area contributed by atoms with Gasteiger partial charge in [0, 0.05) is 25.8 Å². The molecule has 1 saturated heterocycles. The molecule has 0 aliphatic carbocycles. The number of hydrogen-bond donors (Lipinski definition) is 1. The van der Waals surface area contributed by atoms with Crippen molar-refractivity contribution in [3.05, 3.63) is 24.3 Å². The molecule has 1 amide bonds. The summed E-state index contributed by atoms with van der Waals surface area (Å²) in [5.74, 6) is 0.816. The van der Waals surface area contributed by atoms with Gasteiger partial charge >= 0.3 is 0 Å². The molecule has 1 aliphatic heterocycles. The molecule has 1 heterocycles. The first kappa shape index (κ1) is 11.8. The molecule has 1 aliphatic rings. The van der Waals surface area contributed by atoms with E-state index in [9.17, 15) is 4.79 Å². The predicted octanol–water partition coefficient (Wildman–Crippen LogP) is 1.73. The summed E-state index contributed by atoms with van der Waals surface area (Å²) in [5, 5.41) is 3.03. The number of likely N-dealkylation sites (tertiary alicyclic amines) is 1. The van der Waals surface area contributed by atoms with Crippen molar-refractivity contribution < 1.29 is 9.53 Å². The summed E-state index contributed by atoms with van der Waals surface area (Å²) in [6, 6.07) is 7.58. The molecule has 92 valence electrons. The summed E-state index contributed by atoms with van der Waals surface area (Å²) in [5.41, 5.74) is 1.03. The van der Waals surface area contributed by atoms with Crippen LogP contribution in [0.15, 0.2) is 24.3 Å². The minimum Gasteiger partial charge on any atom is -0.484 e. The highest BCUT2D eigenvalue weighted by Gasteiger charge is 2.17. The zero-order valence-corrected chi connectivity index (χ0v) is 10.1. The van der Waals surface area contributed by atoms with Gasteiger partial charge in [-0.05, 0) is 37.1 Å². The highest BCUT2D eigenvalue weighted by atomic mass is 16.5. The maximum atomic E-state index is 11.7. The largest absolute Gasteiger partial charge is 0.484 e. The molecule has 1 aromatic carbocycles. The van der Waals surface area contributed by atoms with Gasteiger partial charge in [-0.3, -0.25) is 4.79 Å². The second-order valence-corrected chi connectivity index (χ2v) is 4.15. The molecule has 0 atom stereocenters. The molecule has 4 heteroatoms. The van der Waals surface area contributed by atoms with Crippen LogP contribution in [-0.4, -0.2) is 37.6 Å². The number of amides is 1. The quantitative estimate of drug-likeness (QED) is 0.862. The van der Waals surface area contributed by atoms with Crippen molar-refractivity contribution in [1.82, 2.24) is 4.90 Å². The van der Waals surface area contributed by atoms with E-state index in [2.05, 4.69) is 5.32 Å². The Hall–Kier alpha value is -1.71. The lowest BCUT2D eigenvalue weighted by molar-refractivity contribution is -0.132. The third-order valence-electron chi connectivity index (χ3n) is 2.96. The van der Waals surface area contributed by atoms with Gasteiger partial charge in [0.15, 0.2) is 6.61 Å². The van der Waals surface area contributed by atoms with Gasteiger partial charge in [0.25, 0.3) is 5.91 Å². The fraction of sp³-hybridized carbons (Fsp3) is 0.462. The van der Waals surface area contributed by atoms with Gasteiger partial charge in [0.2, 0.25) is 0 Å². The van der Waals surface area contributed by atoms with E-state index in [0.717, 1.165) is 37.4 Å². The van der Waals surface area contributed by atoms with Crippen LogP contribution in [0.5, 0.6) is 5.75 Å². The van der Waals surface area contributed by atoms with Gasteiger partial charge in [-0.15, -0.1) is 0 Å². The smallest absolute Gasteiger partial charge is 0.260 e. The number of carbonyl (C=O) groups is 1. The van der Waals surface area contributed by atoms with Crippen LogP contribution >= 0.6 is 0 Å². The van der Waals surface area contributed by atoms with Gasteiger partial charge in [0.05, 0.1) is 0 Å². The Bertz CT molecular complexity index is 370. The van der Waals surface area contributed by atoms with E-state index in [4.69, 9.17) is 4.74 Å². The Balaban J connectivity index is 1.82. The SMILES string of the molecule is CNc1ccc(OCC(=O)N2CCCC2)cc1. The molecule has 1 aromatic rings. The zero-order chi connectivity index (χ0) is 12.1. The van der Waals surface area contributed by atoms with E-state index in [0.29, 0.717) is 0 Å². The van der Waals surface area contributed by atoms with E-state index in [1.54, 1.807) is 0 Å². The molecule has 0 saturated carbocycles. The summed E-state index contributed by atoms with van der Waals surface area (Å²) < 4.78 is 5.46. The third kappa shape index (κ3) is 3.12. The first-order valence-corrected chi connectivity index (χ1v) is 5.98. The molecule has 0 aromatic heterocycles. The first-order chi connectivity index (χ1) is 8.29. The number of carbonyl (C=O) groups excluding carboxylic acids is 1. The molecule has 1 N–H and O–H groups in total. The van der Waals surface area contributed by atoms with E-state index >= 15 is 0 Å². The lowest BCUT2D eigenvalue weighted by atomic mass is 10.3. The van der Waals surface area contributed by atoms with Crippen molar-refractivity contribution in [1.29, 1.82) is 0 Å². The molecular weight excluding hydrogens is 216 g/mol. The summed E-state index contributed by atoms with van der Waals surface area (Å²) in [6.07, 6.45) is 2.23. The Kier molecular flexibility index (Phi) is 3.85. The molecular formula is C13H18N2O2. The monoisotopic (exact) mass is 234 g/mol. The van der Waals surface area contributed by atoms with Gasteiger partial charge in [-0.1, -0.05) is 0 Å². The second-order valence-electron chi connectivity index (χ2n) is 4.15. The zero-order valence-electron chi connectivity index (χ0n) is 10.1. The fourth-order valence-electron chi connectivity index (χ4n) is 1.92. The minimum absolute atomic E-state index is 0.0835. The number of nitrogens with zero attached hydrogens (tertiary/aromatic N) is 1. The number of rotatable bonds is 4. The number of hydrogen-bond acceptors (Lipinski definition) is 3. The van der Waals surface area contributed by atoms with Crippen LogP contribution in [0.2, 0.25) is 0 Å².